The first kappa shape index (κ1) is 19.5. The Labute approximate surface area is 178 Å². The quantitative estimate of drug-likeness (QED) is 0.517. The zero-order valence-corrected chi connectivity index (χ0v) is 17.2. The summed E-state index contributed by atoms with van der Waals surface area (Å²) in [5.74, 6) is -0.970. The molecule has 0 radical (unpaired) electrons. The Kier molecular flexibility index (Phi) is 4.44. The van der Waals surface area contributed by atoms with Crippen molar-refractivity contribution in [1.29, 1.82) is 0 Å². The van der Waals surface area contributed by atoms with Gasteiger partial charge in [-0.2, -0.15) is 5.10 Å². The van der Waals surface area contributed by atoms with Crippen LogP contribution >= 0.6 is 0 Å². The molecule has 0 saturated heterocycles. The van der Waals surface area contributed by atoms with Crippen LogP contribution in [0.2, 0.25) is 0 Å². The predicted octanol–water partition coefficient (Wildman–Crippen LogP) is 3.32. The molecular formula is C22H19FN4O3S. The molecule has 1 fully saturated rings. The fraction of sp³-hybridized carbons (Fsp3) is 0.182. The van der Waals surface area contributed by atoms with E-state index in [1.165, 1.54) is 30.5 Å². The smallest absolute Gasteiger partial charge is 0.268 e. The van der Waals surface area contributed by atoms with E-state index in [0.29, 0.717) is 29.4 Å². The zero-order valence-electron chi connectivity index (χ0n) is 16.3. The van der Waals surface area contributed by atoms with Gasteiger partial charge in [-0.1, -0.05) is 18.2 Å². The van der Waals surface area contributed by atoms with Gasteiger partial charge in [-0.3, -0.25) is 9.48 Å². The third-order valence-corrected chi connectivity index (χ3v) is 7.52. The highest BCUT2D eigenvalue weighted by Gasteiger charge is 2.35. The number of carbonyl (C=O) groups is 1. The summed E-state index contributed by atoms with van der Waals surface area (Å²) in [6.07, 6.45) is 6.23. The molecule has 0 bridgehead atoms. The van der Waals surface area contributed by atoms with E-state index in [0.717, 1.165) is 3.97 Å². The van der Waals surface area contributed by atoms with Crippen molar-refractivity contribution in [3.05, 3.63) is 72.9 Å². The Hall–Kier alpha value is -3.46. The van der Waals surface area contributed by atoms with Crippen LogP contribution in [0, 0.1) is 11.7 Å². The normalized spacial score (nSPS) is 18.7. The number of halogens is 1. The lowest BCUT2D eigenvalue weighted by molar-refractivity contribution is -0.125. The number of aromatic nitrogens is 3. The lowest BCUT2D eigenvalue weighted by atomic mass is 9.80. The molecule has 9 heteroatoms. The van der Waals surface area contributed by atoms with Gasteiger partial charge in [0.15, 0.2) is 0 Å². The minimum absolute atomic E-state index is 0.0742. The number of nitrogens with zero attached hydrogens (tertiary/aromatic N) is 3. The van der Waals surface area contributed by atoms with Gasteiger partial charge < -0.3 is 5.73 Å². The number of carbonyl (C=O) groups excluding carboxylic acids is 1. The number of primary amides is 1. The van der Waals surface area contributed by atoms with E-state index in [4.69, 9.17) is 5.73 Å². The molecule has 0 aliphatic heterocycles. The molecule has 1 saturated carbocycles. The van der Waals surface area contributed by atoms with Crippen molar-refractivity contribution in [1.82, 2.24) is 13.8 Å². The van der Waals surface area contributed by atoms with Crippen molar-refractivity contribution in [3.8, 4) is 11.1 Å². The third-order valence-electron chi connectivity index (χ3n) is 5.84. The molecule has 4 aromatic rings. The predicted molar refractivity (Wildman–Crippen MR) is 113 cm³/mol. The Bertz CT molecular complexity index is 1400. The second-order valence-electron chi connectivity index (χ2n) is 7.75. The molecule has 2 aromatic carbocycles. The minimum atomic E-state index is -3.92. The molecule has 0 spiro atoms. The van der Waals surface area contributed by atoms with Gasteiger partial charge in [-0.05, 0) is 43.2 Å². The van der Waals surface area contributed by atoms with Gasteiger partial charge in [0.05, 0.1) is 22.7 Å². The van der Waals surface area contributed by atoms with Crippen molar-refractivity contribution in [3.63, 3.8) is 0 Å². The number of hydrogen-bond acceptors (Lipinski definition) is 4. The topological polar surface area (TPSA) is 100.0 Å². The molecule has 2 aromatic heterocycles. The maximum absolute atomic E-state index is 14.0. The van der Waals surface area contributed by atoms with Crippen LogP contribution < -0.4 is 5.73 Å². The van der Waals surface area contributed by atoms with Crippen molar-refractivity contribution >= 4 is 26.8 Å². The van der Waals surface area contributed by atoms with Crippen LogP contribution in [-0.2, 0) is 14.8 Å². The molecule has 5 rings (SSSR count). The van der Waals surface area contributed by atoms with E-state index < -0.39 is 15.8 Å². The Morgan fingerprint density at radius 3 is 2.55 bits per heavy atom. The molecule has 0 unspecified atom stereocenters. The summed E-state index contributed by atoms with van der Waals surface area (Å²) in [6.45, 7) is 0. The van der Waals surface area contributed by atoms with E-state index in [1.54, 1.807) is 35.1 Å². The van der Waals surface area contributed by atoms with E-state index in [-0.39, 0.29) is 28.3 Å². The van der Waals surface area contributed by atoms with E-state index in [9.17, 15) is 17.6 Å². The van der Waals surface area contributed by atoms with Gasteiger partial charge in [0, 0.05) is 34.8 Å². The van der Waals surface area contributed by atoms with E-state index >= 15 is 0 Å². The van der Waals surface area contributed by atoms with Crippen molar-refractivity contribution in [2.45, 2.75) is 23.8 Å². The van der Waals surface area contributed by atoms with Crippen LogP contribution in [0.5, 0.6) is 0 Å². The highest BCUT2D eigenvalue weighted by molar-refractivity contribution is 7.90. The van der Waals surface area contributed by atoms with Gasteiger partial charge in [-0.25, -0.2) is 16.8 Å². The minimum Gasteiger partial charge on any atom is -0.369 e. The highest BCUT2D eigenvalue weighted by atomic mass is 32.2. The summed E-state index contributed by atoms with van der Waals surface area (Å²) >= 11 is 0. The molecular weight excluding hydrogens is 419 g/mol. The van der Waals surface area contributed by atoms with Crippen LogP contribution in [0.4, 0.5) is 4.39 Å². The number of rotatable bonds is 5. The molecule has 158 valence electrons. The van der Waals surface area contributed by atoms with Gasteiger partial charge >= 0.3 is 0 Å². The Morgan fingerprint density at radius 2 is 1.84 bits per heavy atom. The second-order valence-corrected chi connectivity index (χ2v) is 9.57. The van der Waals surface area contributed by atoms with Crippen LogP contribution in [0.1, 0.15) is 18.9 Å². The maximum Gasteiger partial charge on any atom is 0.268 e. The van der Waals surface area contributed by atoms with Crippen molar-refractivity contribution in [2.24, 2.45) is 11.7 Å². The van der Waals surface area contributed by atoms with Crippen LogP contribution in [0.15, 0.2) is 72.0 Å². The number of benzene rings is 2. The first-order chi connectivity index (χ1) is 14.8. The summed E-state index contributed by atoms with van der Waals surface area (Å²) < 4.78 is 43.4. The maximum atomic E-state index is 14.0. The van der Waals surface area contributed by atoms with Gasteiger partial charge in [0.1, 0.15) is 5.82 Å². The molecule has 1 aliphatic rings. The number of amides is 1. The molecule has 7 nitrogen and oxygen atoms in total. The number of hydrogen-bond donors (Lipinski definition) is 1. The SMILES string of the molecule is NC(=O)C1CC(n2cc(-c3cn(S(=O)(=O)c4ccccc4)c4cc(F)ccc34)cn2)C1. The fourth-order valence-corrected chi connectivity index (χ4v) is 5.40. The van der Waals surface area contributed by atoms with Crippen LogP contribution in [0.3, 0.4) is 0 Å². The largest absolute Gasteiger partial charge is 0.369 e. The fourth-order valence-electron chi connectivity index (χ4n) is 4.02. The second kappa shape index (κ2) is 7.05. The number of nitrogens with two attached hydrogens (primary N) is 1. The van der Waals surface area contributed by atoms with Crippen LogP contribution in [-0.4, -0.2) is 28.1 Å². The molecule has 31 heavy (non-hydrogen) atoms. The molecule has 1 amide bonds. The number of fused-ring (bicyclic) bond motifs is 1. The summed E-state index contributed by atoms with van der Waals surface area (Å²) in [5, 5.41) is 5.00. The Morgan fingerprint density at radius 1 is 1.10 bits per heavy atom. The van der Waals surface area contributed by atoms with Gasteiger partial charge in [-0.15, -0.1) is 0 Å². The van der Waals surface area contributed by atoms with E-state index in [2.05, 4.69) is 5.10 Å². The zero-order chi connectivity index (χ0) is 21.8. The van der Waals surface area contributed by atoms with Crippen molar-refractivity contribution < 1.29 is 17.6 Å². The van der Waals surface area contributed by atoms with Crippen molar-refractivity contribution in [2.75, 3.05) is 0 Å². The highest BCUT2D eigenvalue weighted by Crippen LogP contribution is 2.39. The average molecular weight is 438 g/mol. The monoisotopic (exact) mass is 438 g/mol. The first-order valence-corrected chi connectivity index (χ1v) is 11.2. The van der Waals surface area contributed by atoms with Gasteiger partial charge in [0.25, 0.3) is 10.0 Å². The summed E-state index contributed by atoms with van der Waals surface area (Å²) in [6, 6.07) is 12.2. The summed E-state index contributed by atoms with van der Waals surface area (Å²) in [5.41, 5.74) is 6.94. The van der Waals surface area contributed by atoms with E-state index in [1.807, 2.05) is 6.20 Å². The first-order valence-electron chi connectivity index (χ1n) is 9.79. The summed E-state index contributed by atoms with van der Waals surface area (Å²) in [7, 11) is -3.92. The molecule has 2 N–H and O–H groups in total. The molecule has 1 aliphatic carbocycles. The molecule has 0 atom stereocenters. The lowest BCUT2D eigenvalue weighted by Crippen LogP contribution is -2.36. The molecule has 2 heterocycles. The average Bonchev–Trinajstić information content (AvgIpc) is 3.32. The Balaban J connectivity index is 1.59. The summed E-state index contributed by atoms with van der Waals surface area (Å²) in [4.78, 5) is 11.4. The van der Waals surface area contributed by atoms with Gasteiger partial charge in [0.2, 0.25) is 5.91 Å². The third kappa shape index (κ3) is 3.21. The van der Waals surface area contributed by atoms with Crippen LogP contribution in [0.25, 0.3) is 22.0 Å². The lowest BCUT2D eigenvalue weighted by Gasteiger charge is -2.33. The standard InChI is InChI=1S/C22H19FN4O3S/c23-16-6-7-19-20(15-11-25-26(12-15)17-8-14(9-17)22(24)28)13-27(21(19)10-16)31(29,30)18-4-2-1-3-5-18/h1-7,10-14,17H,8-9H2,(H2,24,28).